The number of allylic oxidation sites excluding steroid dienone is 1. The first-order valence-corrected chi connectivity index (χ1v) is 10.9. The van der Waals surface area contributed by atoms with Crippen LogP contribution in [0.25, 0.3) is 0 Å². The minimum Gasteiger partial charge on any atom is -0.388 e. The van der Waals surface area contributed by atoms with Gasteiger partial charge >= 0.3 is 0 Å². The largest absolute Gasteiger partial charge is 0.388 e. The van der Waals surface area contributed by atoms with Gasteiger partial charge < -0.3 is 16.4 Å². The molecule has 0 spiro atoms. The first-order valence-electron chi connectivity index (χ1n) is 10.9. The second-order valence-corrected chi connectivity index (χ2v) is 8.01. The molecule has 0 saturated carbocycles. The van der Waals surface area contributed by atoms with Crippen LogP contribution in [0.4, 0.5) is 0 Å². The number of benzene rings is 1. The maximum atomic E-state index is 5.69. The number of nitrogens with two attached hydrogens (primary N) is 1. The smallest absolute Gasteiger partial charge is 0.0777 e. The molecule has 2 rings (SSSR count). The van der Waals surface area contributed by atoms with Crippen LogP contribution in [0.5, 0.6) is 0 Å². The minimum atomic E-state index is 0.302. The van der Waals surface area contributed by atoms with Crippen molar-refractivity contribution in [3.8, 4) is 0 Å². The van der Waals surface area contributed by atoms with E-state index in [0.29, 0.717) is 18.4 Å². The fourth-order valence-electron chi connectivity index (χ4n) is 3.31. The third-order valence-corrected chi connectivity index (χ3v) is 5.39. The summed E-state index contributed by atoms with van der Waals surface area (Å²) in [5.41, 5.74) is 10.9. The highest BCUT2D eigenvalue weighted by atomic mass is 14.9. The van der Waals surface area contributed by atoms with Gasteiger partial charge in [0.1, 0.15) is 0 Å². The van der Waals surface area contributed by atoms with Gasteiger partial charge in [-0.2, -0.15) is 0 Å². The number of hydrogen-bond donors (Lipinski definition) is 3. The van der Waals surface area contributed by atoms with E-state index < -0.39 is 0 Å². The number of unbranched alkanes of at least 4 members (excludes halogenated alkanes) is 1. The molecule has 0 bridgehead atoms. The number of aryl methyl sites for hydroxylation is 1. The lowest BCUT2D eigenvalue weighted by Crippen LogP contribution is -2.30. The molecular weight excluding hydrogens is 370 g/mol. The van der Waals surface area contributed by atoms with Gasteiger partial charge in [-0.1, -0.05) is 56.8 Å². The van der Waals surface area contributed by atoms with Crippen LogP contribution in [0.2, 0.25) is 0 Å². The molecule has 1 heterocycles. The fraction of sp³-hybridized carbons (Fsp3) is 0.440. The summed E-state index contributed by atoms with van der Waals surface area (Å²) in [6.45, 7) is 14.9. The molecule has 5 nitrogen and oxygen atoms in total. The van der Waals surface area contributed by atoms with Gasteiger partial charge in [-0.05, 0) is 44.2 Å². The van der Waals surface area contributed by atoms with Crippen molar-refractivity contribution in [1.82, 2.24) is 20.6 Å². The van der Waals surface area contributed by atoms with Crippen LogP contribution >= 0.6 is 0 Å². The highest BCUT2D eigenvalue weighted by molar-refractivity contribution is 5.17. The molecule has 2 unspecified atom stereocenters. The standard InChI is InChI=1S/C25H37N5/c1-19(14-23-10-6-5-7-11-23)21(3)28-16-24(12-8-9-13-26)22(4)29-18-25-17-27-20(2)15-30-25/h5-7,10-11,15,17,19,24,28-29H,3-4,8-9,12-14,16,18,26H2,1-2H3. The fourth-order valence-corrected chi connectivity index (χ4v) is 3.31. The van der Waals surface area contributed by atoms with Crippen LogP contribution in [0.1, 0.15) is 43.1 Å². The van der Waals surface area contributed by atoms with Gasteiger partial charge in [-0.25, -0.2) is 0 Å². The third kappa shape index (κ3) is 8.37. The van der Waals surface area contributed by atoms with Gasteiger partial charge in [0.25, 0.3) is 0 Å². The van der Waals surface area contributed by atoms with Crippen LogP contribution in [0.3, 0.4) is 0 Å². The predicted molar refractivity (Wildman–Crippen MR) is 126 cm³/mol. The predicted octanol–water partition coefficient (Wildman–Crippen LogP) is 4.12. The van der Waals surface area contributed by atoms with Crippen LogP contribution in [-0.4, -0.2) is 23.1 Å². The zero-order chi connectivity index (χ0) is 21.8. The Hall–Kier alpha value is -2.66. The van der Waals surface area contributed by atoms with Crippen LogP contribution in [0, 0.1) is 18.8 Å². The van der Waals surface area contributed by atoms with Crippen molar-refractivity contribution < 1.29 is 0 Å². The van der Waals surface area contributed by atoms with E-state index >= 15 is 0 Å². The molecular formula is C25H37N5. The average molecular weight is 408 g/mol. The molecule has 0 aliphatic carbocycles. The van der Waals surface area contributed by atoms with E-state index in [9.17, 15) is 0 Å². The van der Waals surface area contributed by atoms with Crippen molar-refractivity contribution in [1.29, 1.82) is 0 Å². The Labute approximate surface area is 181 Å². The van der Waals surface area contributed by atoms with Crippen LogP contribution in [-0.2, 0) is 13.0 Å². The normalized spacial score (nSPS) is 12.8. The molecule has 1 aromatic carbocycles. The van der Waals surface area contributed by atoms with Gasteiger partial charge in [0.05, 0.1) is 24.1 Å². The molecule has 0 aliphatic heterocycles. The van der Waals surface area contributed by atoms with Gasteiger partial charge in [0.2, 0.25) is 0 Å². The lowest BCUT2D eigenvalue weighted by molar-refractivity contribution is 0.460. The van der Waals surface area contributed by atoms with E-state index in [1.165, 1.54) is 5.56 Å². The van der Waals surface area contributed by atoms with E-state index in [4.69, 9.17) is 5.73 Å². The first-order chi connectivity index (χ1) is 14.5. The Kier molecular flexibility index (Phi) is 10.1. The maximum Gasteiger partial charge on any atom is 0.0777 e. The molecule has 2 aromatic rings. The van der Waals surface area contributed by atoms with Crippen molar-refractivity contribution in [2.75, 3.05) is 13.1 Å². The topological polar surface area (TPSA) is 75.9 Å². The summed E-state index contributed by atoms with van der Waals surface area (Å²) in [5, 5.41) is 7.00. The maximum absolute atomic E-state index is 5.69. The van der Waals surface area contributed by atoms with Crippen LogP contribution < -0.4 is 16.4 Å². The molecule has 162 valence electrons. The summed E-state index contributed by atoms with van der Waals surface area (Å²) in [6, 6.07) is 10.5. The van der Waals surface area contributed by atoms with Crippen molar-refractivity contribution >= 4 is 0 Å². The summed E-state index contributed by atoms with van der Waals surface area (Å²) in [5.74, 6) is 0.664. The van der Waals surface area contributed by atoms with E-state index in [1.807, 2.05) is 19.2 Å². The van der Waals surface area contributed by atoms with Crippen molar-refractivity contribution in [3.63, 3.8) is 0 Å². The van der Waals surface area contributed by atoms with E-state index in [1.54, 1.807) is 6.20 Å². The number of aromatic nitrogens is 2. The van der Waals surface area contributed by atoms with E-state index in [0.717, 1.165) is 61.6 Å². The van der Waals surface area contributed by atoms with Gasteiger partial charge in [0.15, 0.2) is 0 Å². The third-order valence-electron chi connectivity index (χ3n) is 5.39. The second kappa shape index (κ2) is 12.8. The molecule has 0 amide bonds. The summed E-state index contributed by atoms with van der Waals surface area (Å²) in [6.07, 6.45) is 7.73. The minimum absolute atomic E-state index is 0.302. The van der Waals surface area contributed by atoms with Crippen molar-refractivity contribution in [2.24, 2.45) is 17.6 Å². The molecule has 0 aliphatic rings. The van der Waals surface area contributed by atoms with Crippen molar-refractivity contribution in [2.45, 2.75) is 46.1 Å². The lowest BCUT2D eigenvalue weighted by Gasteiger charge is -2.24. The first kappa shape index (κ1) is 23.6. The molecule has 0 radical (unpaired) electrons. The quantitative estimate of drug-likeness (QED) is 0.411. The highest BCUT2D eigenvalue weighted by Gasteiger charge is 2.15. The number of nitrogens with one attached hydrogen (secondary N) is 2. The Morgan fingerprint density at radius 3 is 2.47 bits per heavy atom. The molecule has 1 aromatic heterocycles. The Balaban J connectivity index is 1.86. The zero-order valence-electron chi connectivity index (χ0n) is 18.5. The van der Waals surface area contributed by atoms with Crippen molar-refractivity contribution in [3.05, 3.63) is 84.2 Å². The molecule has 2 atom stereocenters. The number of hydrogen-bond acceptors (Lipinski definition) is 5. The van der Waals surface area contributed by atoms with Crippen LogP contribution in [0.15, 0.2) is 67.3 Å². The molecule has 4 N–H and O–H groups in total. The zero-order valence-corrected chi connectivity index (χ0v) is 18.5. The number of nitrogens with zero attached hydrogens (tertiary/aromatic N) is 2. The highest BCUT2D eigenvalue weighted by Crippen LogP contribution is 2.18. The average Bonchev–Trinajstić information content (AvgIpc) is 2.76. The second-order valence-electron chi connectivity index (χ2n) is 8.01. The molecule has 0 fully saturated rings. The molecule has 0 saturated heterocycles. The number of rotatable bonds is 14. The summed E-state index contributed by atoms with van der Waals surface area (Å²) >= 11 is 0. The van der Waals surface area contributed by atoms with Gasteiger partial charge in [0, 0.05) is 30.1 Å². The van der Waals surface area contributed by atoms with E-state index in [-0.39, 0.29) is 0 Å². The Morgan fingerprint density at radius 1 is 1.03 bits per heavy atom. The Bertz CT molecular complexity index is 770. The van der Waals surface area contributed by atoms with E-state index in [2.05, 4.69) is 64.9 Å². The Morgan fingerprint density at radius 2 is 1.80 bits per heavy atom. The lowest BCUT2D eigenvalue weighted by atomic mass is 9.96. The molecule has 5 heteroatoms. The monoisotopic (exact) mass is 407 g/mol. The summed E-state index contributed by atoms with van der Waals surface area (Å²) < 4.78 is 0. The van der Waals surface area contributed by atoms with Gasteiger partial charge in [-0.3, -0.25) is 9.97 Å². The summed E-state index contributed by atoms with van der Waals surface area (Å²) in [7, 11) is 0. The molecule has 30 heavy (non-hydrogen) atoms. The summed E-state index contributed by atoms with van der Waals surface area (Å²) in [4.78, 5) is 8.72. The SMILES string of the molecule is C=C(NCC(CCCCN)C(=C)NCc1cnc(C)cn1)C(C)Cc1ccccc1. The van der Waals surface area contributed by atoms with Gasteiger partial charge in [-0.15, -0.1) is 0 Å².